The number of likely N-dealkylation sites (N-methyl/N-ethyl adjacent to an activating group) is 1. The van der Waals surface area contributed by atoms with E-state index in [1.54, 1.807) is 48.3 Å². The van der Waals surface area contributed by atoms with E-state index in [1.165, 1.54) is 53.7 Å². The zero-order valence-corrected chi connectivity index (χ0v) is 62.6. The molecule has 0 radical (unpaired) electrons. The third-order valence-electron chi connectivity index (χ3n) is 20.1. The van der Waals surface area contributed by atoms with Gasteiger partial charge in [0.15, 0.2) is 5.71 Å². The van der Waals surface area contributed by atoms with Gasteiger partial charge in [-0.1, -0.05) is 134 Å². The van der Waals surface area contributed by atoms with Crippen LogP contribution in [-0.4, -0.2) is 104 Å². The van der Waals surface area contributed by atoms with Gasteiger partial charge >= 0.3 is 6.09 Å². The van der Waals surface area contributed by atoms with Crippen LogP contribution in [0.15, 0.2) is 229 Å². The van der Waals surface area contributed by atoms with E-state index >= 15 is 0 Å². The number of allylic oxidation sites excluding steroid dienone is 19. The van der Waals surface area contributed by atoms with E-state index in [0.29, 0.717) is 50.1 Å². The number of aromatic carboxylic acids is 1. The monoisotopic (exact) mass is 1480 g/mol. The Labute approximate surface area is 632 Å². The number of carbonyl (C=O) groups is 2. The van der Waals surface area contributed by atoms with Gasteiger partial charge in [0.05, 0.1) is 71.9 Å². The van der Waals surface area contributed by atoms with Gasteiger partial charge < -0.3 is 44.6 Å². The highest BCUT2D eigenvalue weighted by Gasteiger charge is 2.46. The van der Waals surface area contributed by atoms with E-state index in [1.807, 2.05) is 67.6 Å². The number of carbonyl (C=O) groups excluding carboxylic acids is 2. The number of fused-ring (bicyclic) bond motifs is 6. The van der Waals surface area contributed by atoms with E-state index in [4.69, 9.17) is 29.5 Å². The number of rotatable bonds is 19. The summed E-state index contributed by atoms with van der Waals surface area (Å²) in [4.78, 5) is 37.1. The second kappa shape index (κ2) is 33.8. The maximum Gasteiger partial charge on any atom is 0.409 e. The summed E-state index contributed by atoms with van der Waals surface area (Å²) in [6.07, 6.45) is 21.3. The zero-order valence-electron chi connectivity index (χ0n) is 60.2. The Hall–Kier alpha value is -11.4. The molecule has 1 fully saturated rings. The topological polar surface area (TPSA) is 280 Å². The third kappa shape index (κ3) is 16.7. The number of carboxylic acid groups (broad SMARTS) is 1. The molecule has 1 amide bonds. The van der Waals surface area contributed by atoms with Crippen LogP contribution < -0.4 is 15.3 Å². The van der Waals surface area contributed by atoms with Crippen LogP contribution in [0.4, 0.5) is 16.2 Å². The van der Waals surface area contributed by atoms with E-state index in [9.17, 15) is 54.1 Å². The molecule has 3 aliphatic heterocycles. The molecule has 1 unspecified atom stereocenters. The molecule has 2 aliphatic carbocycles. The fraction of sp³-hybridized carbons (Fsp3) is 0.262. The molecular formula is C84H74ClN10O10S2-3. The highest BCUT2D eigenvalue weighted by Crippen LogP contribution is 2.51. The first kappa shape index (κ1) is 78.2. The predicted molar refractivity (Wildman–Crippen MR) is 410 cm³/mol. The normalized spacial score (nSPS) is 18.2. The SMILES string of the molecule is CN1c2ccc3cc(S(=O)(=O)[O-])ccc3c2C(C)(C)C1CC=C1CCCC(/C=C/C2=[N+](C)c3ccc4cc(SOO[O-])ccc4c3C2(C)C)=C1Cl.[C-]#[N+]C(C#N)=C(C(=C=[N-])/C=C/C=C1CCC(/C=C/C=C(C#N)/C(=C(\C#N)[N+]#[C-])c2ccc(C(=O)[O-])cc2)=C1N1CCN(C(=O)OCC)CC1)c1ccc(C)cc1. The lowest BCUT2D eigenvalue weighted by Gasteiger charge is -2.37. The van der Waals surface area contributed by atoms with Crippen molar-refractivity contribution in [3.63, 3.8) is 0 Å². The van der Waals surface area contributed by atoms with Crippen molar-refractivity contribution in [2.75, 3.05) is 51.8 Å². The van der Waals surface area contributed by atoms with Crippen LogP contribution in [0.1, 0.15) is 111 Å². The van der Waals surface area contributed by atoms with E-state index < -0.39 is 16.1 Å². The van der Waals surface area contributed by atoms with Gasteiger partial charge in [0.2, 0.25) is 5.69 Å². The van der Waals surface area contributed by atoms with Crippen molar-refractivity contribution in [3.05, 3.63) is 281 Å². The molecule has 5 aliphatic rings. The molecule has 6 aromatic carbocycles. The van der Waals surface area contributed by atoms with Crippen molar-refractivity contribution in [3.8, 4) is 18.2 Å². The fourth-order valence-corrected chi connectivity index (χ4v) is 16.2. The first-order chi connectivity index (χ1) is 51.3. The second-order valence-corrected chi connectivity index (χ2v) is 29.6. The molecule has 1 saturated heterocycles. The van der Waals surface area contributed by atoms with Crippen LogP contribution in [-0.2, 0) is 35.1 Å². The average Bonchev–Trinajstić information content (AvgIpc) is 1.58. The number of amides is 1. The highest BCUT2D eigenvalue weighted by molar-refractivity contribution is 7.94. The summed E-state index contributed by atoms with van der Waals surface area (Å²) in [6.45, 7) is 29.9. The number of piperazine rings is 1. The number of nitrogens with zero attached hydrogens (tertiary/aromatic N) is 10. The predicted octanol–water partition coefficient (Wildman–Crippen LogP) is 15.3. The Bertz CT molecular complexity index is 5360. The van der Waals surface area contributed by atoms with Gasteiger partial charge in [0.25, 0.3) is 11.4 Å². The Balaban J connectivity index is 0.000000229. The number of carboxylic acids is 1. The van der Waals surface area contributed by atoms with Gasteiger partial charge in [-0.05, 0) is 186 Å². The minimum Gasteiger partial charge on any atom is -0.763 e. The average molecular weight is 1480 g/mol. The molecule has 6 aromatic rings. The van der Waals surface area contributed by atoms with Crippen molar-refractivity contribution in [1.29, 1.82) is 15.8 Å². The number of hydrogen-bond donors (Lipinski definition) is 0. The molecule has 0 N–H and O–H groups in total. The van der Waals surface area contributed by atoms with E-state index in [2.05, 4.69) is 124 Å². The summed E-state index contributed by atoms with van der Waals surface area (Å²) in [5.74, 6) is 0.760. The van der Waals surface area contributed by atoms with Crippen molar-refractivity contribution in [2.45, 2.75) is 107 Å². The van der Waals surface area contributed by atoms with Crippen LogP contribution in [0.5, 0.6) is 0 Å². The summed E-state index contributed by atoms with van der Waals surface area (Å²) in [6, 6.07) is 37.4. The number of ether oxygens (including phenoxy) is 1. The number of benzene rings is 6. The summed E-state index contributed by atoms with van der Waals surface area (Å²) < 4.78 is 47.1. The Morgan fingerprint density at radius 1 is 0.785 bits per heavy atom. The maximum atomic E-state index is 12.4. The first-order valence-corrected chi connectivity index (χ1v) is 36.9. The number of halogens is 1. The summed E-state index contributed by atoms with van der Waals surface area (Å²) in [5, 5.41) is 69.6. The van der Waals surface area contributed by atoms with E-state index in [0.717, 1.165) is 120 Å². The first-order valence-electron chi connectivity index (χ1n) is 34.4. The summed E-state index contributed by atoms with van der Waals surface area (Å²) in [5.41, 5.74) is 12.1. The van der Waals surface area contributed by atoms with Gasteiger partial charge in [-0.2, -0.15) is 14.2 Å². The molecular weight excluding hydrogens is 1410 g/mol. The quantitative estimate of drug-likeness (QED) is 0.00838. The largest absolute Gasteiger partial charge is 0.763 e. The number of nitriles is 3. The molecule has 107 heavy (non-hydrogen) atoms. The van der Waals surface area contributed by atoms with Crippen LogP contribution in [0.3, 0.4) is 0 Å². The molecule has 0 aromatic heterocycles. The molecule has 0 bridgehead atoms. The molecule has 0 spiro atoms. The lowest BCUT2D eigenvalue weighted by atomic mass is 9.77. The third-order valence-corrected chi connectivity index (χ3v) is 22.0. The van der Waals surface area contributed by atoms with Gasteiger partial charge in [-0.15, -0.1) is 0 Å². The highest BCUT2D eigenvalue weighted by atomic mass is 35.5. The molecule has 20 nitrogen and oxygen atoms in total. The molecule has 11 rings (SSSR count). The lowest BCUT2D eigenvalue weighted by molar-refractivity contribution is -0.777. The van der Waals surface area contributed by atoms with Gasteiger partial charge in [0.1, 0.15) is 17.2 Å². The van der Waals surface area contributed by atoms with Crippen molar-refractivity contribution < 1.29 is 51.6 Å². The Morgan fingerprint density at radius 3 is 2.07 bits per heavy atom. The number of anilines is 1. The standard InChI is InChI=1S/C44H35N8O4.C40H41ClN2O6S2/c1-5-56-44(55)52-24-22-51(23-25-52)42-33(8-6-10-36(26-45)40(38(28-47)49-3)31-14-12-30(2)13-15-31)18-19-34(42)9-7-11-37(27-46)41(39(29-48)50-4)32-16-20-35(21-17-32)43(53)54;1-39(2)34(42(5)32-18-10-26-22-28(50-49-48-44)14-16-30(26)36(32)39)20-12-24-8-7-9-25(38(24)41)13-21-35-40(3,4)37-31-17-15-29(51(45,46)47)23-27(31)11-19-33(37)43(35)6/h6-17,20-21H,5,18-19,22-25H2,1-2H3,(H,53,54);10-20,22-23,35H,7-9,21H2,1-6H3,(H-,44,45,46,47)/q-1;/p-2/b9-7+,10-6+,33-8?,37-11+,40-38?,41-39+;20-12+,25-13?. The van der Waals surface area contributed by atoms with Crippen molar-refractivity contribution in [2.24, 2.45) is 0 Å². The summed E-state index contributed by atoms with van der Waals surface area (Å²) >= 11 is 8.07. The zero-order chi connectivity index (χ0) is 77.1. The molecule has 542 valence electrons. The van der Waals surface area contributed by atoms with Crippen molar-refractivity contribution >= 4 is 101 Å². The number of aryl methyl sites for hydroxylation is 1. The fourth-order valence-electron chi connectivity index (χ4n) is 15.0. The van der Waals surface area contributed by atoms with Crippen LogP contribution >= 0.6 is 23.6 Å². The Morgan fingerprint density at radius 2 is 1.43 bits per heavy atom. The Kier molecular flexibility index (Phi) is 24.7. The molecule has 0 saturated carbocycles. The van der Waals surface area contributed by atoms with Crippen molar-refractivity contribution in [1.82, 2.24) is 9.80 Å². The smallest absolute Gasteiger partial charge is 0.409 e. The lowest BCUT2D eigenvalue weighted by Crippen LogP contribution is -2.48. The summed E-state index contributed by atoms with van der Waals surface area (Å²) in [7, 11) is -0.321. The minimum atomic E-state index is -4.54. The minimum absolute atomic E-state index is 0.0186. The molecule has 1 atom stereocenters. The number of hydrogen-bond acceptors (Lipinski definition) is 16. The molecule has 23 heteroatoms. The maximum absolute atomic E-state index is 12.4. The van der Waals surface area contributed by atoms with Crippen LogP contribution in [0, 0.1) is 54.1 Å². The van der Waals surface area contributed by atoms with Gasteiger partial charge in [0, 0.05) is 94.8 Å². The van der Waals surface area contributed by atoms with Gasteiger partial charge in [-0.3, -0.25) is 10.9 Å². The van der Waals surface area contributed by atoms with E-state index in [-0.39, 0.29) is 73.7 Å². The van der Waals surface area contributed by atoms with Crippen LogP contribution in [0.25, 0.3) is 47.8 Å². The molecule has 3 heterocycles. The van der Waals surface area contributed by atoms with Crippen LogP contribution in [0.2, 0.25) is 0 Å². The van der Waals surface area contributed by atoms with Gasteiger partial charge in [-0.25, -0.2) is 33.4 Å². The second-order valence-electron chi connectivity index (χ2n) is 27.1.